The minimum Gasteiger partial charge on any atom is -0.466 e. The third-order valence-corrected chi connectivity index (χ3v) is 11.4. The molecule has 0 N–H and O–H groups in total. The summed E-state index contributed by atoms with van der Waals surface area (Å²) in [5, 5.41) is 16.6. The largest absolute Gasteiger partial charge is 0.466 e. The summed E-state index contributed by atoms with van der Waals surface area (Å²) in [5.41, 5.74) is 2.42. The quantitative estimate of drug-likeness (QED) is 0.127. The Labute approximate surface area is 308 Å². The molecule has 6 heteroatoms. The molecule has 3 heterocycles. The van der Waals surface area contributed by atoms with Crippen molar-refractivity contribution in [2.24, 2.45) is 0 Å². The van der Waals surface area contributed by atoms with Gasteiger partial charge in [-0.3, -0.25) is 9.80 Å². The molecule has 0 saturated carbocycles. The maximum atomic E-state index is 7.23. The highest BCUT2D eigenvalue weighted by atomic mass is 16.5. The zero-order chi connectivity index (χ0) is 35.3. The molecule has 0 aliphatic carbocycles. The lowest BCUT2D eigenvalue weighted by atomic mass is 9.89. The van der Waals surface area contributed by atoms with Gasteiger partial charge in [0, 0.05) is 11.1 Å². The van der Waals surface area contributed by atoms with Crippen LogP contribution >= 0.6 is 0 Å². The van der Waals surface area contributed by atoms with E-state index in [9.17, 15) is 0 Å². The summed E-state index contributed by atoms with van der Waals surface area (Å²) in [6, 6.07) is 39.4. The monoisotopic (exact) mass is 692 g/mol. The number of hydrogen-bond acceptors (Lipinski definition) is 6. The first kappa shape index (κ1) is 34.6. The molecule has 5 aromatic carbocycles. The summed E-state index contributed by atoms with van der Waals surface area (Å²) in [5.74, 6) is 1.13. The number of piperidine rings is 2. The van der Waals surface area contributed by atoms with Gasteiger partial charge in [-0.25, -0.2) is 0 Å². The second kappa shape index (κ2) is 16.0. The molecule has 2 saturated heterocycles. The van der Waals surface area contributed by atoms with Crippen molar-refractivity contribution in [3.05, 3.63) is 120 Å². The molecule has 52 heavy (non-hydrogen) atoms. The van der Waals surface area contributed by atoms with Gasteiger partial charge in [0.2, 0.25) is 11.8 Å². The molecular formula is C46H52N4O2. The Hall–Kier alpha value is -4.52. The zero-order valence-electron chi connectivity index (χ0n) is 30.8. The lowest BCUT2D eigenvalue weighted by molar-refractivity contribution is 0.0352. The van der Waals surface area contributed by atoms with Crippen LogP contribution in [0.25, 0.3) is 32.3 Å². The van der Waals surface area contributed by atoms with Gasteiger partial charge in [-0.2, -0.15) is 0 Å². The van der Waals surface area contributed by atoms with Gasteiger partial charge in [0.25, 0.3) is 0 Å². The summed E-state index contributed by atoms with van der Waals surface area (Å²) in [6.07, 6.45) is 8.84. The van der Waals surface area contributed by atoms with E-state index in [0.29, 0.717) is 11.8 Å². The predicted molar refractivity (Wildman–Crippen MR) is 213 cm³/mol. The number of nitrogens with zero attached hydrogens (tertiary/aromatic N) is 4. The van der Waals surface area contributed by atoms with Gasteiger partial charge in [0.15, 0.2) is 0 Å². The van der Waals surface area contributed by atoms with E-state index in [1.807, 2.05) is 0 Å². The lowest BCUT2D eigenvalue weighted by Crippen LogP contribution is -2.45. The summed E-state index contributed by atoms with van der Waals surface area (Å²) >= 11 is 0. The summed E-state index contributed by atoms with van der Waals surface area (Å²) < 4.78 is 14.5. The minimum absolute atomic E-state index is 0.198. The summed E-state index contributed by atoms with van der Waals surface area (Å²) in [6.45, 7) is 8.84. The van der Waals surface area contributed by atoms with E-state index >= 15 is 0 Å². The molecule has 2 aliphatic rings. The lowest BCUT2D eigenvalue weighted by Gasteiger charge is -2.41. The van der Waals surface area contributed by atoms with Crippen molar-refractivity contribution in [1.29, 1.82) is 0 Å². The number of fused-ring (bicyclic) bond motifs is 3. The first-order valence-corrected chi connectivity index (χ1v) is 19.8. The van der Waals surface area contributed by atoms with Crippen LogP contribution in [0, 0.1) is 0 Å². The molecule has 0 radical (unpaired) electrons. The van der Waals surface area contributed by atoms with Crippen molar-refractivity contribution in [2.45, 2.75) is 89.5 Å². The number of hydrogen-bond donors (Lipinski definition) is 0. The van der Waals surface area contributed by atoms with Gasteiger partial charge >= 0.3 is 0 Å². The molecule has 4 atom stereocenters. The van der Waals surface area contributed by atoms with Crippen molar-refractivity contribution in [3.63, 3.8) is 0 Å². The summed E-state index contributed by atoms with van der Waals surface area (Å²) in [4.78, 5) is 5.29. The molecule has 8 rings (SSSR count). The Morgan fingerprint density at radius 2 is 0.923 bits per heavy atom. The van der Waals surface area contributed by atoms with Crippen molar-refractivity contribution in [2.75, 3.05) is 26.2 Å². The van der Waals surface area contributed by atoms with Crippen LogP contribution in [-0.4, -0.2) is 58.3 Å². The molecular weight excluding hydrogens is 641 g/mol. The van der Waals surface area contributed by atoms with Crippen molar-refractivity contribution >= 4 is 32.3 Å². The molecule has 0 amide bonds. The topological polar surface area (TPSA) is 50.7 Å². The minimum atomic E-state index is -0.198. The van der Waals surface area contributed by atoms with Gasteiger partial charge in [0.1, 0.15) is 12.2 Å². The van der Waals surface area contributed by atoms with E-state index in [-0.39, 0.29) is 24.3 Å². The van der Waals surface area contributed by atoms with Crippen molar-refractivity contribution in [3.8, 4) is 11.8 Å². The number of benzene rings is 5. The highest BCUT2D eigenvalue weighted by Crippen LogP contribution is 2.41. The van der Waals surface area contributed by atoms with E-state index in [1.165, 1.54) is 58.4 Å². The van der Waals surface area contributed by atoms with Crippen LogP contribution in [0.4, 0.5) is 0 Å². The Morgan fingerprint density at radius 1 is 0.519 bits per heavy atom. The van der Waals surface area contributed by atoms with Crippen LogP contribution in [-0.2, 0) is 0 Å². The van der Waals surface area contributed by atoms with Crippen molar-refractivity contribution in [1.82, 2.24) is 20.0 Å². The average molecular weight is 693 g/mol. The molecule has 2 aliphatic heterocycles. The third-order valence-electron chi connectivity index (χ3n) is 11.4. The first-order chi connectivity index (χ1) is 25.7. The van der Waals surface area contributed by atoms with Gasteiger partial charge in [-0.15, -0.1) is 10.2 Å². The third kappa shape index (κ3) is 6.99. The highest BCUT2D eigenvalue weighted by Gasteiger charge is 2.36. The van der Waals surface area contributed by atoms with E-state index < -0.39 is 0 Å². The molecule has 6 aromatic rings. The van der Waals surface area contributed by atoms with Crippen molar-refractivity contribution < 1.29 is 9.47 Å². The van der Waals surface area contributed by atoms with Gasteiger partial charge in [0.05, 0.1) is 22.9 Å². The van der Waals surface area contributed by atoms with E-state index in [2.05, 4.69) is 133 Å². The van der Waals surface area contributed by atoms with E-state index in [4.69, 9.17) is 19.7 Å². The van der Waals surface area contributed by atoms with Crippen LogP contribution in [0.3, 0.4) is 0 Å². The van der Waals surface area contributed by atoms with E-state index in [0.717, 1.165) is 62.6 Å². The molecule has 1 unspecified atom stereocenters. The Balaban J connectivity index is 1.21. The van der Waals surface area contributed by atoms with Crippen LogP contribution < -0.4 is 9.47 Å². The fourth-order valence-electron chi connectivity index (χ4n) is 9.01. The molecule has 2 fully saturated rings. The van der Waals surface area contributed by atoms with Crippen LogP contribution in [0.5, 0.6) is 11.8 Å². The van der Waals surface area contributed by atoms with Crippen LogP contribution in [0.15, 0.2) is 109 Å². The van der Waals surface area contributed by atoms with E-state index in [1.54, 1.807) is 0 Å². The molecule has 268 valence electrons. The van der Waals surface area contributed by atoms with Gasteiger partial charge in [-0.1, -0.05) is 124 Å². The summed E-state index contributed by atoms with van der Waals surface area (Å²) in [7, 11) is 0. The predicted octanol–water partition coefficient (Wildman–Crippen LogP) is 10.7. The fraction of sp³-hybridized carbons (Fsp3) is 0.391. The number of ether oxygens (including phenoxy) is 2. The second-order valence-corrected chi connectivity index (χ2v) is 14.8. The smallest absolute Gasteiger partial charge is 0.242 e. The Morgan fingerprint density at radius 3 is 1.37 bits per heavy atom. The maximum absolute atomic E-state index is 7.23. The van der Waals surface area contributed by atoms with Gasteiger partial charge in [-0.05, 0) is 98.4 Å². The fourth-order valence-corrected chi connectivity index (χ4v) is 9.01. The zero-order valence-corrected chi connectivity index (χ0v) is 30.8. The molecule has 6 nitrogen and oxygen atoms in total. The Bertz CT molecular complexity index is 1950. The van der Waals surface area contributed by atoms with Crippen LogP contribution in [0.2, 0.25) is 0 Å². The normalized spacial score (nSPS) is 19.9. The average Bonchev–Trinajstić information content (AvgIpc) is 3.20. The molecule has 0 spiro atoms. The van der Waals surface area contributed by atoms with Crippen LogP contribution in [0.1, 0.15) is 88.5 Å². The van der Waals surface area contributed by atoms with Gasteiger partial charge < -0.3 is 9.47 Å². The number of aromatic nitrogens is 2. The molecule has 0 bridgehead atoms. The second-order valence-electron chi connectivity index (χ2n) is 14.8. The number of likely N-dealkylation sites (tertiary alicyclic amines) is 2. The maximum Gasteiger partial charge on any atom is 0.242 e. The first-order valence-electron chi connectivity index (χ1n) is 19.8. The molecule has 1 aromatic heterocycles. The highest BCUT2D eigenvalue weighted by molar-refractivity contribution is 5.91. The standard InChI is InChI=1S/C46H52N4O2/c1-3-29-49-31-13-11-27-41(49)43(37-25-15-19-33-17-5-7-21-35(33)37)51-45-39-23-9-10-24-40(39)46(48-47-45)52-44(42-28-12-14-32-50(42)30-4-2)38-26-16-20-34-18-6-8-22-36(34)38/h5-10,15-26,41-44H,3-4,11-14,27-32H2,1-2H3/t41-,42?,43+,44+/m0/s1. The Kier molecular flexibility index (Phi) is 10.6. The SMILES string of the molecule is CCCN1CCCCC1[C@H](Oc1nnc(O[C@H](c2cccc3ccccc23)[C@@H]2CCCCN2CCC)c2ccccc12)c1cccc2ccccc12. The number of rotatable bonds is 12.